The van der Waals surface area contributed by atoms with Gasteiger partial charge in [-0.1, -0.05) is 23.7 Å². The topological polar surface area (TPSA) is 66.9 Å². The van der Waals surface area contributed by atoms with Crippen molar-refractivity contribution in [2.45, 2.75) is 32.4 Å². The van der Waals surface area contributed by atoms with Crippen molar-refractivity contribution >= 4 is 23.3 Å². The molecule has 0 bridgehead atoms. The van der Waals surface area contributed by atoms with Gasteiger partial charge in [-0.05, 0) is 37.5 Å². The van der Waals surface area contributed by atoms with Crippen LogP contribution in [0.1, 0.15) is 34.7 Å². The van der Waals surface area contributed by atoms with Crippen molar-refractivity contribution in [2.75, 3.05) is 5.32 Å². The smallest absolute Gasteiger partial charge is 0.270 e. The summed E-state index contributed by atoms with van der Waals surface area (Å²) in [7, 11) is 0. The van der Waals surface area contributed by atoms with E-state index in [-0.39, 0.29) is 5.91 Å². The highest BCUT2D eigenvalue weighted by molar-refractivity contribution is 6.30. The number of aromatic nitrogens is 2. The second-order valence-corrected chi connectivity index (χ2v) is 5.85. The molecule has 0 saturated heterocycles. The van der Waals surface area contributed by atoms with Crippen LogP contribution in [0.2, 0.25) is 5.02 Å². The van der Waals surface area contributed by atoms with E-state index in [9.17, 15) is 4.79 Å². The molecule has 1 aromatic heterocycles. The first-order valence-electron chi connectivity index (χ1n) is 7.25. The normalized spacial score (nSPS) is 13.7. The maximum Gasteiger partial charge on any atom is 0.270 e. The Balaban J connectivity index is 1.68. The largest absolute Gasteiger partial charge is 0.366 e. The molecule has 1 aliphatic carbocycles. The van der Waals surface area contributed by atoms with Gasteiger partial charge in [0.25, 0.3) is 5.91 Å². The fraction of sp³-hybridized carbons (Fsp3) is 0.312. The van der Waals surface area contributed by atoms with Crippen molar-refractivity contribution in [3.05, 3.63) is 52.4 Å². The predicted octanol–water partition coefficient (Wildman–Crippen LogP) is 2.94. The number of benzene rings is 1. The van der Waals surface area contributed by atoms with Crippen molar-refractivity contribution < 1.29 is 4.79 Å². The fourth-order valence-electron chi connectivity index (χ4n) is 2.06. The quantitative estimate of drug-likeness (QED) is 0.890. The van der Waals surface area contributed by atoms with Crippen LogP contribution in [0.3, 0.4) is 0 Å². The summed E-state index contributed by atoms with van der Waals surface area (Å²) in [6.45, 7) is 2.39. The van der Waals surface area contributed by atoms with E-state index in [4.69, 9.17) is 11.6 Å². The Kier molecular flexibility index (Phi) is 4.24. The van der Waals surface area contributed by atoms with Gasteiger partial charge in [-0.2, -0.15) is 0 Å². The van der Waals surface area contributed by atoms with Gasteiger partial charge >= 0.3 is 0 Å². The first-order chi connectivity index (χ1) is 10.6. The van der Waals surface area contributed by atoms with E-state index in [1.165, 1.54) is 0 Å². The number of nitrogens with one attached hydrogen (secondary N) is 2. The van der Waals surface area contributed by atoms with Crippen molar-refractivity contribution in [2.24, 2.45) is 0 Å². The first-order valence-corrected chi connectivity index (χ1v) is 7.63. The van der Waals surface area contributed by atoms with E-state index in [0.29, 0.717) is 34.9 Å². The van der Waals surface area contributed by atoms with Crippen LogP contribution in [-0.2, 0) is 6.54 Å². The molecule has 1 fully saturated rings. The third-order valence-corrected chi connectivity index (χ3v) is 3.62. The zero-order chi connectivity index (χ0) is 15.5. The molecular formula is C16H17ClN4O. The van der Waals surface area contributed by atoms with Gasteiger partial charge in [0.1, 0.15) is 17.3 Å². The molecule has 1 amide bonds. The summed E-state index contributed by atoms with van der Waals surface area (Å²) < 4.78 is 0. The van der Waals surface area contributed by atoms with Crippen LogP contribution >= 0.6 is 11.6 Å². The number of carbonyl (C=O) groups excluding carboxylic acids is 1. The molecule has 1 aliphatic rings. The van der Waals surface area contributed by atoms with Gasteiger partial charge in [0.05, 0.1) is 0 Å². The van der Waals surface area contributed by atoms with Crippen LogP contribution in [0.15, 0.2) is 30.3 Å². The minimum atomic E-state index is -0.137. The summed E-state index contributed by atoms with van der Waals surface area (Å²) in [5.74, 6) is 1.08. The number of aryl methyl sites for hydroxylation is 1. The van der Waals surface area contributed by atoms with Gasteiger partial charge in [-0.15, -0.1) is 0 Å². The number of anilines is 1. The molecule has 0 spiro atoms. The van der Waals surface area contributed by atoms with Crippen LogP contribution < -0.4 is 10.6 Å². The molecule has 22 heavy (non-hydrogen) atoms. The van der Waals surface area contributed by atoms with Gasteiger partial charge < -0.3 is 10.6 Å². The highest BCUT2D eigenvalue weighted by Crippen LogP contribution is 2.19. The fourth-order valence-corrected chi connectivity index (χ4v) is 2.18. The molecule has 1 aromatic carbocycles. The molecular weight excluding hydrogens is 300 g/mol. The minimum Gasteiger partial charge on any atom is -0.366 e. The number of amides is 1. The van der Waals surface area contributed by atoms with E-state index in [0.717, 1.165) is 18.4 Å². The summed E-state index contributed by atoms with van der Waals surface area (Å²) in [6.07, 6.45) is 2.11. The number of rotatable bonds is 5. The van der Waals surface area contributed by atoms with Crippen molar-refractivity contribution in [1.29, 1.82) is 0 Å². The molecule has 2 aromatic rings. The van der Waals surface area contributed by atoms with Gasteiger partial charge in [-0.25, -0.2) is 9.97 Å². The zero-order valence-electron chi connectivity index (χ0n) is 12.3. The van der Waals surface area contributed by atoms with Crippen LogP contribution in [0, 0.1) is 6.92 Å². The molecule has 0 unspecified atom stereocenters. The Morgan fingerprint density at radius 1 is 1.27 bits per heavy atom. The summed E-state index contributed by atoms with van der Waals surface area (Å²) in [5, 5.41) is 6.85. The molecule has 0 radical (unpaired) electrons. The monoisotopic (exact) mass is 316 g/mol. The number of nitrogens with zero attached hydrogens (tertiary/aromatic N) is 2. The average Bonchev–Trinajstić information content (AvgIpc) is 3.30. The lowest BCUT2D eigenvalue weighted by molar-refractivity contribution is 0.0945. The lowest BCUT2D eigenvalue weighted by Crippen LogP contribution is -2.26. The van der Waals surface area contributed by atoms with E-state index >= 15 is 0 Å². The van der Waals surface area contributed by atoms with Gasteiger partial charge in [0.2, 0.25) is 0 Å². The average molecular weight is 317 g/mol. The Morgan fingerprint density at radius 3 is 2.68 bits per heavy atom. The van der Waals surface area contributed by atoms with Crippen LogP contribution in [-0.4, -0.2) is 21.9 Å². The zero-order valence-corrected chi connectivity index (χ0v) is 13.0. The Labute approximate surface area is 134 Å². The minimum absolute atomic E-state index is 0.137. The van der Waals surface area contributed by atoms with E-state index in [2.05, 4.69) is 20.6 Å². The molecule has 3 rings (SSSR count). The molecule has 5 nitrogen and oxygen atoms in total. The summed E-state index contributed by atoms with van der Waals surface area (Å²) in [5.41, 5.74) is 1.49. The maximum atomic E-state index is 12.1. The van der Waals surface area contributed by atoms with Crippen molar-refractivity contribution in [1.82, 2.24) is 15.3 Å². The Morgan fingerprint density at radius 2 is 2.00 bits per heavy atom. The number of carbonyl (C=O) groups is 1. The molecule has 6 heteroatoms. The molecule has 1 saturated carbocycles. The second kappa shape index (κ2) is 6.32. The first kappa shape index (κ1) is 14.8. The van der Waals surface area contributed by atoms with Gasteiger partial charge in [-0.3, -0.25) is 4.79 Å². The van der Waals surface area contributed by atoms with Crippen molar-refractivity contribution in [3.63, 3.8) is 0 Å². The lowest BCUT2D eigenvalue weighted by atomic mass is 10.2. The lowest BCUT2D eigenvalue weighted by Gasteiger charge is -2.09. The van der Waals surface area contributed by atoms with Gasteiger partial charge in [0, 0.05) is 23.7 Å². The van der Waals surface area contributed by atoms with E-state index in [1.807, 2.05) is 24.3 Å². The Hall–Kier alpha value is -2.14. The third kappa shape index (κ3) is 3.95. The van der Waals surface area contributed by atoms with Crippen LogP contribution in [0.25, 0.3) is 0 Å². The molecule has 114 valence electrons. The number of halogens is 1. The molecule has 2 N–H and O–H groups in total. The van der Waals surface area contributed by atoms with Crippen molar-refractivity contribution in [3.8, 4) is 0 Å². The van der Waals surface area contributed by atoms with Crippen LogP contribution in [0.4, 0.5) is 5.82 Å². The van der Waals surface area contributed by atoms with Crippen LogP contribution in [0.5, 0.6) is 0 Å². The summed E-state index contributed by atoms with van der Waals surface area (Å²) >= 11 is 5.87. The SMILES string of the molecule is Cc1nc(NCc2ccc(Cl)cc2)cc(C(=O)NC2CC2)n1. The second-order valence-electron chi connectivity index (χ2n) is 5.41. The van der Waals surface area contributed by atoms with E-state index in [1.54, 1.807) is 13.0 Å². The highest BCUT2D eigenvalue weighted by atomic mass is 35.5. The third-order valence-electron chi connectivity index (χ3n) is 3.37. The standard InChI is InChI=1S/C16H17ClN4O/c1-10-19-14(16(22)21-13-6-7-13)8-15(20-10)18-9-11-2-4-12(17)5-3-11/h2-5,8,13H,6-7,9H2,1H3,(H,21,22)(H,18,19,20). The molecule has 1 heterocycles. The number of hydrogen-bond acceptors (Lipinski definition) is 4. The summed E-state index contributed by atoms with van der Waals surface area (Å²) in [6, 6.07) is 9.58. The van der Waals surface area contributed by atoms with E-state index < -0.39 is 0 Å². The molecule has 0 aliphatic heterocycles. The molecule has 0 atom stereocenters. The number of hydrogen-bond donors (Lipinski definition) is 2. The highest BCUT2D eigenvalue weighted by Gasteiger charge is 2.24. The Bertz CT molecular complexity index is 683. The maximum absolute atomic E-state index is 12.1. The summed E-state index contributed by atoms with van der Waals surface area (Å²) in [4.78, 5) is 20.6. The van der Waals surface area contributed by atoms with Gasteiger partial charge in [0.15, 0.2) is 0 Å². The predicted molar refractivity (Wildman–Crippen MR) is 86.0 cm³/mol.